The molecule has 0 radical (unpaired) electrons. The van der Waals surface area contributed by atoms with Crippen LogP contribution in [-0.2, 0) is 30.9 Å². The number of ether oxygens (including phenoxy) is 3. The molecule has 0 aliphatic carbocycles. The molecular formula is C22H28N2O7S. The molecule has 1 amide bonds. The predicted octanol–water partition coefficient (Wildman–Crippen LogP) is 1.96. The minimum absolute atomic E-state index is 0.0240. The van der Waals surface area contributed by atoms with Crippen LogP contribution in [0.15, 0.2) is 53.4 Å². The molecule has 0 unspecified atom stereocenters. The quantitative estimate of drug-likeness (QED) is 0.506. The maximum Gasteiger partial charge on any atom is 0.324 e. The molecule has 2 aromatic carbocycles. The number of benzene rings is 2. The number of hydrogen-bond donors (Lipinski definition) is 1. The van der Waals surface area contributed by atoms with Crippen LogP contribution in [0.5, 0.6) is 11.5 Å². The van der Waals surface area contributed by atoms with E-state index in [1.54, 1.807) is 7.05 Å². The first-order valence-corrected chi connectivity index (χ1v) is 11.4. The standard InChI is InChI=1S/C22H28N2O7S/c1-5-30-19-8-6-17(7-9-19)14-24(3)21(25)15-31-22(26)16(2)23-32(27,28)20-12-10-18(29-4)11-13-20/h6-13,16,23H,5,14-15H2,1-4H3/t16-/m0/s1. The van der Waals surface area contributed by atoms with Crippen molar-refractivity contribution in [1.82, 2.24) is 9.62 Å². The van der Waals surface area contributed by atoms with Crippen LogP contribution in [0.1, 0.15) is 19.4 Å². The summed E-state index contributed by atoms with van der Waals surface area (Å²) in [6.45, 7) is 3.63. The third-order valence-electron chi connectivity index (χ3n) is 4.47. The lowest BCUT2D eigenvalue weighted by Crippen LogP contribution is -2.41. The smallest absolute Gasteiger partial charge is 0.324 e. The highest BCUT2D eigenvalue weighted by Crippen LogP contribution is 2.16. The summed E-state index contributed by atoms with van der Waals surface area (Å²) in [4.78, 5) is 25.9. The van der Waals surface area contributed by atoms with Gasteiger partial charge < -0.3 is 19.1 Å². The molecule has 1 atom stereocenters. The molecule has 0 fully saturated rings. The Morgan fingerprint density at radius 3 is 2.19 bits per heavy atom. The third kappa shape index (κ3) is 7.24. The van der Waals surface area contributed by atoms with E-state index < -0.39 is 34.5 Å². The highest BCUT2D eigenvalue weighted by molar-refractivity contribution is 7.89. The number of methoxy groups -OCH3 is 1. The van der Waals surface area contributed by atoms with Crippen LogP contribution in [0.25, 0.3) is 0 Å². The third-order valence-corrected chi connectivity index (χ3v) is 6.03. The molecule has 2 rings (SSSR count). The van der Waals surface area contributed by atoms with Crippen molar-refractivity contribution >= 4 is 21.9 Å². The van der Waals surface area contributed by atoms with E-state index in [0.717, 1.165) is 11.3 Å². The Kier molecular flexibility index (Phi) is 9.03. The first-order chi connectivity index (χ1) is 15.2. The largest absolute Gasteiger partial charge is 0.497 e. The van der Waals surface area contributed by atoms with Gasteiger partial charge >= 0.3 is 5.97 Å². The number of nitrogens with zero attached hydrogens (tertiary/aromatic N) is 1. The molecule has 32 heavy (non-hydrogen) atoms. The van der Waals surface area contributed by atoms with Gasteiger partial charge in [0, 0.05) is 13.6 Å². The minimum Gasteiger partial charge on any atom is -0.497 e. The van der Waals surface area contributed by atoms with Gasteiger partial charge in [-0.05, 0) is 55.8 Å². The first-order valence-electron chi connectivity index (χ1n) is 9.95. The van der Waals surface area contributed by atoms with Crippen molar-refractivity contribution in [3.8, 4) is 11.5 Å². The first kappa shape index (κ1) is 25.2. The lowest BCUT2D eigenvalue weighted by Gasteiger charge is -2.18. The van der Waals surface area contributed by atoms with Gasteiger partial charge in [-0.15, -0.1) is 0 Å². The van der Waals surface area contributed by atoms with E-state index in [4.69, 9.17) is 14.2 Å². The molecule has 174 valence electrons. The number of carbonyl (C=O) groups is 2. The molecule has 0 aromatic heterocycles. The number of hydrogen-bond acceptors (Lipinski definition) is 7. The van der Waals surface area contributed by atoms with Crippen LogP contribution >= 0.6 is 0 Å². The van der Waals surface area contributed by atoms with Gasteiger partial charge in [0.05, 0.1) is 18.6 Å². The Morgan fingerprint density at radius 2 is 1.62 bits per heavy atom. The van der Waals surface area contributed by atoms with Crippen molar-refractivity contribution in [2.45, 2.75) is 31.3 Å². The number of amides is 1. The van der Waals surface area contributed by atoms with Crippen molar-refractivity contribution in [2.75, 3.05) is 27.4 Å². The van der Waals surface area contributed by atoms with Crippen LogP contribution in [-0.4, -0.2) is 58.6 Å². The predicted molar refractivity (Wildman–Crippen MR) is 118 cm³/mol. The van der Waals surface area contributed by atoms with E-state index in [1.807, 2.05) is 31.2 Å². The van der Waals surface area contributed by atoms with E-state index >= 15 is 0 Å². The number of carbonyl (C=O) groups excluding carboxylic acids is 2. The number of rotatable bonds is 11. The SMILES string of the molecule is CCOc1ccc(CN(C)C(=O)COC(=O)[C@H](C)NS(=O)(=O)c2ccc(OC)cc2)cc1. The average molecular weight is 465 g/mol. The van der Waals surface area contributed by atoms with Gasteiger partial charge in [-0.3, -0.25) is 9.59 Å². The van der Waals surface area contributed by atoms with E-state index in [0.29, 0.717) is 18.9 Å². The number of likely N-dealkylation sites (N-methyl/N-ethyl adjacent to an activating group) is 1. The van der Waals surface area contributed by atoms with Crippen LogP contribution in [0.4, 0.5) is 0 Å². The van der Waals surface area contributed by atoms with E-state index in [2.05, 4.69) is 4.72 Å². The Labute approximate surface area is 188 Å². The fraction of sp³-hybridized carbons (Fsp3) is 0.364. The number of sulfonamides is 1. The second-order valence-electron chi connectivity index (χ2n) is 6.95. The molecular weight excluding hydrogens is 436 g/mol. The van der Waals surface area contributed by atoms with Crippen LogP contribution < -0.4 is 14.2 Å². The fourth-order valence-electron chi connectivity index (χ4n) is 2.69. The summed E-state index contributed by atoms with van der Waals surface area (Å²) in [7, 11) is -0.890. The zero-order valence-electron chi connectivity index (χ0n) is 18.5. The van der Waals surface area contributed by atoms with Crippen LogP contribution in [0, 0.1) is 0 Å². The lowest BCUT2D eigenvalue weighted by atomic mass is 10.2. The van der Waals surface area contributed by atoms with E-state index in [-0.39, 0.29) is 4.90 Å². The van der Waals surface area contributed by atoms with Crippen molar-refractivity contribution in [2.24, 2.45) is 0 Å². The summed E-state index contributed by atoms with van der Waals surface area (Å²) >= 11 is 0. The molecule has 0 aliphatic heterocycles. The maximum absolute atomic E-state index is 12.4. The minimum atomic E-state index is -3.94. The summed E-state index contributed by atoms with van der Waals surface area (Å²) in [5.41, 5.74) is 0.885. The van der Waals surface area contributed by atoms with Crippen molar-refractivity contribution in [3.63, 3.8) is 0 Å². The van der Waals surface area contributed by atoms with Gasteiger partial charge in [-0.1, -0.05) is 12.1 Å². The van der Waals surface area contributed by atoms with Gasteiger partial charge in [0.1, 0.15) is 17.5 Å². The molecule has 0 spiro atoms. The van der Waals surface area contributed by atoms with Crippen molar-refractivity contribution in [1.29, 1.82) is 0 Å². The Bertz CT molecular complexity index is 1010. The fourth-order valence-corrected chi connectivity index (χ4v) is 3.88. The number of esters is 1. The molecule has 1 N–H and O–H groups in total. The second kappa shape index (κ2) is 11.5. The molecule has 10 heteroatoms. The van der Waals surface area contributed by atoms with Gasteiger partial charge in [-0.2, -0.15) is 4.72 Å². The normalized spacial score (nSPS) is 12.0. The van der Waals surface area contributed by atoms with Crippen LogP contribution in [0.3, 0.4) is 0 Å². The van der Waals surface area contributed by atoms with E-state index in [1.165, 1.54) is 43.2 Å². The lowest BCUT2D eigenvalue weighted by molar-refractivity contribution is -0.152. The van der Waals surface area contributed by atoms with Gasteiger partial charge in [0.15, 0.2) is 6.61 Å². The molecule has 0 saturated heterocycles. The molecule has 9 nitrogen and oxygen atoms in total. The van der Waals surface area contributed by atoms with Crippen LogP contribution in [0.2, 0.25) is 0 Å². The van der Waals surface area contributed by atoms with Gasteiger partial charge in [0.25, 0.3) is 5.91 Å². The Balaban J connectivity index is 1.85. The highest BCUT2D eigenvalue weighted by atomic mass is 32.2. The molecule has 0 bridgehead atoms. The summed E-state index contributed by atoms with van der Waals surface area (Å²) in [6.07, 6.45) is 0. The second-order valence-corrected chi connectivity index (χ2v) is 8.67. The van der Waals surface area contributed by atoms with Crippen molar-refractivity contribution < 1.29 is 32.2 Å². The topological polar surface area (TPSA) is 111 Å². The molecule has 0 aliphatic rings. The monoisotopic (exact) mass is 464 g/mol. The highest BCUT2D eigenvalue weighted by Gasteiger charge is 2.24. The Morgan fingerprint density at radius 1 is 1.03 bits per heavy atom. The Hall–Kier alpha value is -3.11. The zero-order chi connectivity index (χ0) is 23.7. The summed E-state index contributed by atoms with van der Waals surface area (Å²) in [5, 5.41) is 0. The molecule has 2 aromatic rings. The van der Waals surface area contributed by atoms with Gasteiger partial charge in [-0.25, -0.2) is 8.42 Å². The average Bonchev–Trinajstić information content (AvgIpc) is 2.78. The number of nitrogens with one attached hydrogen (secondary N) is 1. The van der Waals surface area contributed by atoms with E-state index in [9.17, 15) is 18.0 Å². The summed E-state index contributed by atoms with van der Waals surface area (Å²) < 4.78 is 42.4. The summed E-state index contributed by atoms with van der Waals surface area (Å²) in [5.74, 6) is -0.0307. The zero-order valence-corrected chi connectivity index (χ0v) is 19.3. The van der Waals surface area contributed by atoms with Crippen molar-refractivity contribution in [3.05, 3.63) is 54.1 Å². The molecule has 0 heterocycles. The van der Waals surface area contributed by atoms with Gasteiger partial charge in [0.2, 0.25) is 10.0 Å². The summed E-state index contributed by atoms with van der Waals surface area (Å²) in [6, 6.07) is 11.9. The maximum atomic E-state index is 12.4. The molecule has 0 saturated carbocycles.